The van der Waals surface area contributed by atoms with Crippen molar-refractivity contribution in [2.24, 2.45) is 0 Å². The molecule has 0 saturated heterocycles. The summed E-state index contributed by atoms with van der Waals surface area (Å²) in [7, 11) is 0. The molecular formula is C18H18FN3O7. The molecular weight excluding hydrogens is 389 g/mol. The SMILES string of the molecule is CCOC(=O)c1[nH]c(C)c(C(=O)OCC(=O)Nc2ccc(F)cc2[N+](=O)[O-])c1C. The molecule has 2 rings (SSSR count). The fourth-order valence-electron chi connectivity index (χ4n) is 2.61. The number of nitro benzene ring substituents is 1. The number of amides is 1. The molecule has 0 aliphatic rings. The molecule has 1 aromatic carbocycles. The number of esters is 2. The highest BCUT2D eigenvalue weighted by atomic mass is 19.1. The maximum atomic E-state index is 13.1. The lowest BCUT2D eigenvalue weighted by atomic mass is 10.1. The molecule has 1 aromatic heterocycles. The van der Waals surface area contributed by atoms with Crippen LogP contribution in [0.15, 0.2) is 18.2 Å². The van der Waals surface area contributed by atoms with E-state index in [0.29, 0.717) is 17.3 Å². The predicted octanol–water partition coefficient (Wildman–Crippen LogP) is 2.65. The minimum atomic E-state index is -0.865. The molecule has 11 heteroatoms. The number of nitrogens with one attached hydrogen (secondary N) is 2. The summed E-state index contributed by atoms with van der Waals surface area (Å²) in [5, 5.41) is 13.1. The van der Waals surface area contributed by atoms with Crippen LogP contribution in [-0.2, 0) is 14.3 Å². The minimum Gasteiger partial charge on any atom is -0.461 e. The lowest BCUT2D eigenvalue weighted by Gasteiger charge is -2.08. The van der Waals surface area contributed by atoms with E-state index >= 15 is 0 Å². The van der Waals surface area contributed by atoms with Crippen molar-refractivity contribution in [1.82, 2.24) is 4.98 Å². The van der Waals surface area contributed by atoms with Gasteiger partial charge in [-0.2, -0.15) is 0 Å². The van der Waals surface area contributed by atoms with E-state index in [1.165, 1.54) is 6.92 Å². The molecule has 2 N–H and O–H groups in total. The van der Waals surface area contributed by atoms with E-state index in [1.54, 1.807) is 13.8 Å². The zero-order valence-electron chi connectivity index (χ0n) is 15.8. The van der Waals surface area contributed by atoms with Crippen LogP contribution in [0.4, 0.5) is 15.8 Å². The van der Waals surface area contributed by atoms with Gasteiger partial charge in [-0.15, -0.1) is 0 Å². The van der Waals surface area contributed by atoms with Crippen molar-refractivity contribution >= 4 is 29.2 Å². The van der Waals surface area contributed by atoms with Crippen molar-refractivity contribution in [3.63, 3.8) is 0 Å². The van der Waals surface area contributed by atoms with Gasteiger partial charge in [-0.05, 0) is 38.5 Å². The number of carbonyl (C=O) groups excluding carboxylic acids is 3. The van der Waals surface area contributed by atoms with E-state index in [1.807, 2.05) is 0 Å². The smallest absolute Gasteiger partial charge is 0.355 e. The largest absolute Gasteiger partial charge is 0.461 e. The first-order valence-electron chi connectivity index (χ1n) is 8.42. The number of nitrogens with zero attached hydrogens (tertiary/aromatic N) is 1. The monoisotopic (exact) mass is 407 g/mol. The number of aryl methyl sites for hydroxylation is 1. The summed E-state index contributed by atoms with van der Waals surface area (Å²) >= 11 is 0. The number of rotatable bonds is 7. The third-order valence-corrected chi connectivity index (χ3v) is 3.89. The van der Waals surface area contributed by atoms with Crippen LogP contribution in [0.2, 0.25) is 0 Å². The van der Waals surface area contributed by atoms with Crippen LogP contribution < -0.4 is 5.32 Å². The van der Waals surface area contributed by atoms with Gasteiger partial charge in [0.15, 0.2) is 6.61 Å². The average molecular weight is 407 g/mol. The van der Waals surface area contributed by atoms with Crippen molar-refractivity contribution in [2.75, 3.05) is 18.5 Å². The summed E-state index contributed by atoms with van der Waals surface area (Å²) in [5.41, 5.74) is -0.0425. The van der Waals surface area contributed by atoms with Gasteiger partial charge in [-0.25, -0.2) is 14.0 Å². The van der Waals surface area contributed by atoms with Gasteiger partial charge in [-0.3, -0.25) is 14.9 Å². The predicted molar refractivity (Wildman–Crippen MR) is 98.2 cm³/mol. The summed E-state index contributed by atoms with van der Waals surface area (Å²) in [4.78, 5) is 49.0. The van der Waals surface area contributed by atoms with E-state index in [0.717, 1.165) is 12.1 Å². The summed E-state index contributed by atoms with van der Waals surface area (Å²) in [5.74, 6) is -3.19. The second-order valence-corrected chi connectivity index (χ2v) is 5.89. The number of aromatic nitrogens is 1. The van der Waals surface area contributed by atoms with Gasteiger partial charge in [0.2, 0.25) is 0 Å². The number of halogens is 1. The number of carbonyl (C=O) groups is 3. The zero-order chi connectivity index (χ0) is 21.7. The number of nitro groups is 1. The standard InChI is InChI=1S/C18H18FN3O7/c1-4-28-18(25)16-9(2)15(10(3)20-16)17(24)29-8-14(23)21-12-6-5-11(19)7-13(12)22(26)27/h5-7,20H,4,8H2,1-3H3,(H,21,23). The lowest BCUT2D eigenvalue weighted by Crippen LogP contribution is -2.22. The molecule has 1 heterocycles. The van der Waals surface area contributed by atoms with Crippen LogP contribution in [0, 0.1) is 29.8 Å². The van der Waals surface area contributed by atoms with Gasteiger partial charge in [0.1, 0.15) is 17.2 Å². The Morgan fingerprint density at radius 2 is 1.90 bits per heavy atom. The number of ether oxygens (including phenoxy) is 2. The Balaban J connectivity index is 2.08. The maximum Gasteiger partial charge on any atom is 0.355 e. The Bertz CT molecular complexity index is 984. The van der Waals surface area contributed by atoms with E-state index in [-0.39, 0.29) is 23.6 Å². The summed E-state index contributed by atoms with van der Waals surface area (Å²) < 4.78 is 23.0. The minimum absolute atomic E-state index is 0.0774. The molecule has 29 heavy (non-hydrogen) atoms. The Morgan fingerprint density at radius 3 is 2.52 bits per heavy atom. The lowest BCUT2D eigenvalue weighted by molar-refractivity contribution is -0.384. The van der Waals surface area contributed by atoms with Crippen molar-refractivity contribution < 1.29 is 33.2 Å². The second-order valence-electron chi connectivity index (χ2n) is 5.89. The highest BCUT2D eigenvalue weighted by Crippen LogP contribution is 2.25. The number of hydrogen-bond donors (Lipinski definition) is 2. The van der Waals surface area contributed by atoms with Crippen LogP contribution in [0.25, 0.3) is 0 Å². The highest BCUT2D eigenvalue weighted by Gasteiger charge is 2.24. The highest BCUT2D eigenvalue weighted by molar-refractivity contribution is 6.00. The van der Waals surface area contributed by atoms with Gasteiger partial charge in [0, 0.05) is 5.69 Å². The van der Waals surface area contributed by atoms with Crippen molar-refractivity contribution in [2.45, 2.75) is 20.8 Å². The molecule has 0 fully saturated rings. The molecule has 0 spiro atoms. The molecule has 0 radical (unpaired) electrons. The van der Waals surface area contributed by atoms with Gasteiger partial charge >= 0.3 is 11.9 Å². The topological polar surface area (TPSA) is 141 Å². The Morgan fingerprint density at radius 1 is 1.21 bits per heavy atom. The van der Waals surface area contributed by atoms with E-state index < -0.39 is 40.9 Å². The molecule has 0 unspecified atom stereocenters. The van der Waals surface area contributed by atoms with Crippen LogP contribution >= 0.6 is 0 Å². The molecule has 0 aliphatic carbocycles. The molecule has 0 saturated carbocycles. The number of hydrogen-bond acceptors (Lipinski definition) is 7. The molecule has 0 atom stereocenters. The molecule has 10 nitrogen and oxygen atoms in total. The average Bonchev–Trinajstić information content (AvgIpc) is 2.95. The Labute approximate surface area is 164 Å². The first-order chi connectivity index (χ1) is 13.6. The fourth-order valence-corrected chi connectivity index (χ4v) is 2.61. The van der Waals surface area contributed by atoms with Crippen LogP contribution in [0.5, 0.6) is 0 Å². The number of aromatic amines is 1. The van der Waals surface area contributed by atoms with Crippen LogP contribution in [0.1, 0.15) is 39.0 Å². The Hall–Kier alpha value is -3.76. The van der Waals surface area contributed by atoms with E-state index in [4.69, 9.17) is 9.47 Å². The van der Waals surface area contributed by atoms with Gasteiger partial charge in [0.25, 0.3) is 11.6 Å². The molecule has 0 aliphatic heterocycles. The van der Waals surface area contributed by atoms with E-state index in [9.17, 15) is 28.9 Å². The third-order valence-electron chi connectivity index (χ3n) is 3.89. The number of H-pyrrole nitrogens is 1. The summed E-state index contributed by atoms with van der Waals surface area (Å²) in [6.45, 7) is 4.13. The van der Waals surface area contributed by atoms with Crippen molar-refractivity contribution in [1.29, 1.82) is 0 Å². The van der Waals surface area contributed by atoms with Gasteiger partial charge < -0.3 is 19.8 Å². The molecule has 1 amide bonds. The first kappa shape index (κ1) is 21.5. The summed E-state index contributed by atoms with van der Waals surface area (Å²) in [6, 6.07) is 2.63. The van der Waals surface area contributed by atoms with Gasteiger partial charge in [0.05, 0.1) is 23.2 Å². The fraction of sp³-hybridized carbons (Fsp3) is 0.278. The zero-order valence-corrected chi connectivity index (χ0v) is 15.8. The molecule has 0 bridgehead atoms. The van der Waals surface area contributed by atoms with Crippen LogP contribution in [0.3, 0.4) is 0 Å². The third kappa shape index (κ3) is 4.94. The van der Waals surface area contributed by atoms with Crippen molar-refractivity contribution in [3.05, 3.63) is 56.6 Å². The maximum absolute atomic E-state index is 13.1. The summed E-state index contributed by atoms with van der Waals surface area (Å²) in [6.07, 6.45) is 0. The molecule has 154 valence electrons. The first-order valence-corrected chi connectivity index (χ1v) is 8.42. The normalized spacial score (nSPS) is 10.3. The second kappa shape index (κ2) is 8.95. The number of benzene rings is 1. The Kier molecular flexibility index (Phi) is 6.65. The molecule has 2 aromatic rings. The van der Waals surface area contributed by atoms with Gasteiger partial charge in [-0.1, -0.05) is 0 Å². The number of anilines is 1. The van der Waals surface area contributed by atoms with Crippen LogP contribution in [-0.4, -0.2) is 41.0 Å². The van der Waals surface area contributed by atoms with Crippen molar-refractivity contribution in [3.8, 4) is 0 Å². The quantitative estimate of drug-likeness (QED) is 0.408. The van der Waals surface area contributed by atoms with E-state index in [2.05, 4.69) is 10.3 Å².